The lowest BCUT2D eigenvalue weighted by atomic mass is 10.1. The van der Waals surface area contributed by atoms with Gasteiger partial charge < -0.3 is 4.90 Å². The van der Waals surface area contributed by atoms with Crippen molar-refractivity contribution in [2.24, 2.45) is 5.11 Å². The smallest absolute Gasteiger partial charge is 0.228 e. The Morgan fingerprint density at radius 2 is 2.54 bits per heavy atom. The molecule has 0 N–H and O–H groups in total. The van der Waals surface area contributed by atoms with Gasteiger partial charge in [-0.2, -0.15) is 0 Å². The lowest BCUT2D eigenvalue weighted by Gasteiger charge is -2.28. The van der Waals surface area contributed by atoms with Crippen molar-refractivity contribution in [3.05, 3.63) is 10.4 Å². The quantitative estimate of drug-likeness (QED) is 0.363. The van der Waals surface area contributed by atoms with Crippen molar-refractivity contribution in [1.29, 1.82) is 0 Å². The Labute approximate surface area is 75.1 Å². The minimum Gasteiger partial charge on any atom is -0.340 e. The van der Waals surface area contributed by atoms with Gasteiger partial charge in [-0.25, -0.2) is 4.39 Å². The molecule has 0 unspecified atom stereocenters. The Morgan fingerprint density at radius 1 is 1.77 bits per heavy atom. The molecule has 0 aromatic rings. The van der Waals surface area contributed by atoms with Crippen LogP contribution in [-0.2, 0) is 4.79 Å². The highest BCUT2D eigenvalue weighted by Gasteiger charge is 2.22. The van der Waals surface area contributed by atoms with Gasteiger partial charge in [0.05, 0.1) is 6.54 Å². The summed E-state index contributed by atoms with van der Waals surface area (Å²) in [7, 11) is 0. The van der Waals surface area contributed by atoms with Crippen molar-refractivity contribution < 1.29 is 9.18 Å². The third kappa shape index (κ3) is 2.91. The molecule has 0 spiro atoms. The molecular formula is C7H11FN4O. The van der Waals surface area contributed by atoms with Crippen LogP contribution in [-0.4, -0.2) is 36.6 Å². The van der Waals surface area contributed by atoms with Crippen LogP contribution in [0.5, 0.6) is 0 Å². The van der Waals surface area contributed by atoms with Gasteiger partial charge in [-0.15, -0.1) is 0 Å². The molecule has 6 heteroatoms. The summed E-state index contributed by atoms with van der Waals surface area (Å²) in [6.45, 7) is 0.503. The number of piperidine rings is 1. The van der Waals surface area contributed by atoms with Crippen LogP contribution < -0.4 is 0 Å². The average Bonchev–Trinajstić information content (AvgIpc) is 2.14. The molecule has 13 heavy (non-hydrogen) atoms. The van der Waals surface area contributed by atoms with E-state index in [1.165, 1.54) is 4.90 Å². The van der Waals surface area contributed by atoms with Gasteiger partial charge in [0.1, 0.15) is 12.7 Å². The Morgan fingerprint density at radius 3 is 3.15 bits per heavy atom. The number of hydrogen-bond acceptors (Lipinski definition) is 2. The molecule has 0 radical (unpaired) electrons. The SMILES string of the molecule is [N-]=[N+]=NCC(=O)N1CCC[C@@H](F)C1. The number of alkyl halides is 1. The van der Waals surface area contributed by atoms with Gasteiger partial charge in [-0.05, 0) is 18.4 Å². The molecule has 1 saturated heterocycles. The molecule has 1 heterocycles. The van der Waals surface area contributed by atoms with E-state index in [2.05, 4.69) is 10.0 Å². The van der Waals surface area contributed by atoms with E-state index in [9.17, 15) is 9.18 Å². The summed E-state index contributed by atoms with van der Waals surface area (Å²) in [4.78, 5) is 15.1. The first-order valence-electron chi connectivity index (χ1n) is 4.16. The molecule has 1 atom stereocenters. The molecule has 72 valence electrons. The van der Waals surface area contributed by atoms with E-state index in [0.717, 1.165) is 0 Å². The second-order valence-corrected chi connectivity index (χ2v) is 2.97. The highest BCUT2D eigenvalue weighted by molar-refractivity contribution is 5.78. The van der Waals surface area contributed by atoms with Crippen molar-refractivity contribution in [2.75, 3.05) is 19.6 Å². The molecule has 1 fully saturated rings. The molecule has 0 aromatic carbocycles. The van der Waals surface area contributed by atoms with Crippen LogP contribution in [0.25, 0.3) is 10.4 Å². The lowest BCUT2D eigenvalue weighted by molar-refractivity contribution is -0.131. The van der Waals surface area contributed by atoms with Gasteiger partial charge in [-0.1, -0.05) is 5.11 Å². The number of carbonyl (C=O) groups excluding carboxylic acids is 1. The van der Waals surface area contributed by atoms with E-state index in [0.29, 0.717) is 19.4 Å². The van der Waals surface area contributed by atoms with Gasteiger partial charge in [-0.3, -0.25) is 4.79 Å². The molecule has 1 rings (SSSR count). The Hall–Kier alpha value is -1.29. The van der Waals surface area contributed by atoms with Crippen molar-refractivity contribution >= 4 is 5.91 Å². The number of azide groups is 1. The minimum absolute atomic E-state index is 0.139. The monoisotopic (exact) mass is 186 g/mol. The zero-order valence-corrected chi connectivity index (χ0v) is 7.19. The average molecular weight is 186 g/mol. The maximum absolute atomic E-state index is 12.8. The van der Waals surface area contributed by atoms with Crippen LogP contribution >= 0.6 is 0 Å². The van der Waals surface area contributed by atoms with E-state index in [1.54, 1.807) is 0 Å². The lowest BCUT2D eigenvalue weighted by Crippen LogP contribution is -2.41. The van der Waals surface area contributed by atoms with Crippen LogP contribution in [0.1, 0.15) is 12.8 Å². The largest absolute Gasteiger partial charge is 0.340 e. The van der Waals surface area contributed by atoms with Gasteiger partial charge in [0.15, 0.2) is 0 Å². The predicted molar refractivity (Wildman–Crippen MR) is 44.7 cm³/mol. The molecule has 1 amide bonds. The second-order valence-electron chi connectivity index (χ2n) is 2.97. The number of carbonyl (C=O) groups is 1. The maximum Gasteiger partial charge on any atom is 0.228 e. The number of nitrogens with zero attached hydrogens (tertiary/aromatic N) is 4. The summed E-state index contributed by atoms with van der Waals surface area (Å²) in [6.07, 6.45) is 0.276. The van der Waals surface area contributed by atoms with Crippen molar-refractivity contribution in [3.8, 4) is 0 Å². The highest BCUT2D eigenvalue weighted by atomic mass is 19.1. The Balaban J connectivity index is 2.41. The number of halogens is 1. The van der Waals surface area contributed by atoms with Gasteiger partial charge in [0.25, 0.3) is 0 Å². The highest BCUT2D eigenvalue weighted by Crippen LogP contribution is 2.12. The van der Waals surface area contributed by atoms with Crippen LogP contribution in [0.15, 0.2) is 5.11 Å². The first kappa shape index (κ1) is 9.80. The fourth-order valence-corrected chi connectivity index (χ4v) is 1.34. The number of rotatable bonds is 2. The fourth-order valence-electron chi connectivity index (χ4n) is 1.34. The number of likely N-dealkylation sites (tertiary alicyclic amines) is 1. The zero-order chi connectivity index (χ0) is 9.68. The molecule has 5 nitrogen and oxygen atoms in total. The third-order valence-corrected chi connectivity index (χ3v) is 1.99. The molecule has 0 bridgehead atoms. The van der Waals surface area contributed by atoms with Crippen molar-refractivity contribution in [3.63, 3.8) is 0 Å². The molecule has 0 saturated carbocycles. The van der Waals surface area contributed by atoms with Gasteiger partial charge in [0.2, 0.25) is 5.91 Å². The van der Waals surface area contributed by atoms with E-state index < -0.39 is 6.17 Å². The second kappa shape index (κ2) is 4.67. The van der Waals surface area contributed by atoms with Crippen molar-refractivity contribution in [2.45, 2.75) is 19.0 Å². The third-order valence-electron chi connectivity index (χ3n) is 1.99. The first-order valence-corrected chi connectivity index (χ1v) is 4.16. The van der Waals surface area contributed by atoms with Gasteiger partial charge in [0, 0.05) is 11.5 Å². The topological polar surface area (TPSA) is 69.1 Å². The summed E-state index contributed by atoms with van der Waals surface area (Å²) in [5.74, 6) is -0.292. The molecule has 1 aliphatic heterocycles. The summed E-state index contributed by atoms with van der Waals surface area (Å²) in [6, 6.07) is 0. The maximum atomic E-state index is 12.8. The van der Waals surface area contributed by atoms with Crippen molar-refractivity contribution in [1.82, 2.24) is 4.90 Å². The standard InChI is InChI=1S/C7H11FN4O/c8-6-2-1-3-12(5-6)7(13)4-10-11-9/h6H,1-5H2/t6-/m1/s1. The predicted octanol–water partition coefficient (Wildman–Crippen LogP) is 1.26. The van der Waals surface area contributed by atoms with E-state index >= 15 is 0 Å². The van der Waals surface area contributed by atoms with Crippen LogP contribution in [0.4, 0.5) is 4.39 Å². The Kier molecular flexibility index (Phi) is 3.52. The molecule has 0 aromatic heterocycles. The fraction of sp³-hybridized carbons (Fsp3) is 0.857. The van der Waals surface area contributed by atoms with E-state index in [1.807, 2.05) is 0 Å². The van der Waals surface area contributed by atoms with Crippen LogP contribution in [0, 0.1) is 0 Å². The summed E-state index contributed by atoms with van der Waals surface area (Å²) >= 11 is 0. The summed E-state index contributed by atoms with van der Waals surface area (Å²) < 4.78 is 12.8. The molecular weight excluding hydrogens is 175 g/mol. The first-order chi connectivity index (χ1) is 6.24. The normalized spacial score (nSPS) is 22.2. The van der Waals surface area contributed by atoms with E-state index in [4.69, 9.17) is 5.53 Å². The molecule has 0 aliphatic carbocycles. The molecule has 1 aliphatic rings. The number of hydrogen-bond donors (Lipinski definition) is 0. The summed E-state index contributed by atoms with van der Waals surface area (Å²) in [5.41, 5.74) is 7.98. The minimum atomic E-state index is -0.927. The summed E-state index contributed by atoms with van der Waals surface area (Å²) in [5, 5.41) is 3.14. The van der Waals surface area contributed by atoms with E-state index in [-0.39, 0.29) is 19.0 Å². The zero-order valence-electron chi connectivity index (χ0n) is 7.19. The van der Waals surface area contributed by atoms with Gasteiger partial charge >= 0.3 is 0 Å². The number of amides is 1. The van der Waals surface area contributed by atoms with Crippen LogP contribution in [0.2, 0.25) is 0 Å². The Bertz CT molecular complexity index is 239. The van der Waals surface area contributed by atoms with Crippen LogP contribution in [0.3, 0.4) is 0 Å².